The van der Waals surface area contributed by atoms with Gasteiger partial charge in [0.15, 0.2) is 0 Å². The van der Waals surface area contributed by atoms with Crippen molar-refractivity contribution in [3.63, 3.8) is 0 Å². The summed E-state index contributed by atoms with van der Waals surface area (Å²) in [6.45, 7) is 2.76. The van der Waals surface area contributed by atoms with E-state index in [1.807, 2.05) is 4.90 Å². The molecule has 0 aromatic rings. The molecule has 0 aromatic carbocycles. The fourth-order valence-electron chi connectivity index (χ4n) is 2.25. The van der Waals surface area contributed by atoms with Gasteiger partial charge in [-0.2, -0.15) is 12.6 Å². The average molecular weight is 244 g/mol. The molecule has 16 heavy (non-hydrogen) atoms. The fourth-order valence-corrected chi connectivity index (χ4v) is 2.55. The van der Waals surface area contributed by atoms with Gasteiger partial charge >= 0.3 is 6.03 Å². The molecule has 2 amide bonds. The van der Waals surface area contributed by atoms with Gasteiger partial charge in [-0.3, -0.25) is 0 Å². The van der Waals surface area contributed by atoms with Crippen LogP contribution >= 0.6 is 12.6 Å². The molecule has 92 valence electrons. The Morgan fingerprint density at radius 1 is 1.19 bits per heavy atom. The predicted molar refractivity (Wildman–Crippen MR) is 66.0 cm³/mol. The van der Waals surface area contributed by atoms with Gasteiger partial charge in [-0.25, -0.2) is 4.79 Å². The highest BCUT2D eigenvalue weighted by Gasteiger charge is 2.23. The second-order valence-corrected chi connectivity index (χ2v) is 5.28. The molecular weight excluding hydrogens is 224 g/mol. The molecule has 2 rings (SSSR count). The smallest absolute Gasteiger partial charge is 0.317 e. The Bertz CT molecular complexity index is 236. The normalized spacial score (nSPS) is 31.2. The number of morpholine rings is 1. The van der Waals surface area contributed by atoms with Crippen LogP contribution in [-0.4, -0.2) is 48.5 Å². The van der Waals surface area contributed by atoms with Gasteiger partial charge in [-0.05, 0) is 25.7 Å². The molecule has 0 radical (unpaired) electrons. The van der Waals surface area contributed by atoms with Gasteiger partial charge in [0.1, 0.15) is 0 Å². The highest BCUT2D eigenvalue weighted by molar-refractivity contribution is 7.80. The summed E-state index contributed by atoms with van der Waals surface area (Å²) in [5.41, 5.74) is 0. The molecule has 0 spiro atoms. The van der Waals surface area contributed by atoms with E-state index in [1.165, 1.54) is 0 Å². The predicted octanol–water partition coefficient (Wildman–Crippen LogP) is 1.27. The van der Waals surface area contributed by atoms with Crippen LogP contribution in [0.3, 0.4) is 0 Å². The second kappa shape index (κ2) is 5.77. The third-order valence-electron chi connectivity index (χ3n) is 3.32. The Hall–Kier alpha value is -0.420. The maximum absolute atomic E-state index is 11.9. The Balaban J connectivity index is 1.73. The second-order valence-electron chi connectivity index (χ2n) is 4.55. The lowest BCUT2D eigenvalue weighted by molar-refractivity contribution is 0.0521. The molecule has 1 aliphatic heterocycles. The van der Waals surface area contributed by atoms with Crippen molar-refractivity contribution in [3.05, 3.63) is 0 Å². The summed E-state index contributed by atoms with van der Waals surface area (Å²) in [6, 6.07) is 0.421. The molecule has 1 heterocycles. The minimum absolute atomic E-state index is 0.0749. The van der Waals surface area contributed by atoms with Crippen molar-refractivity contribution in [2.45, 2.75) is 37.0 Å². The Kier molecular flexibility index (Phi) is 4.35. The zero-order valence-corrected chi connectivity index (χ0v) is 10.4. The largest absolute Gasteiger partial charge is 0.378 e. The summed E-state index contributed by atoms with van der Waals surface area (Å²) in [7, 11) is 0. The SMILES string of the molecule is O=C(N[C@H]1CC[C@H](S)CC1)N1CCOCC1. The van der Waals surface area contributed by atoms with Crippen molar-refractivity contribution >= 4 is 18.7 Å². The van der Waals surface area contributed by atoms with Crippen molar-refractivity contribution in [2.24, 2.45) is 0 Å². The summed E-state index contributed by atoms with van der Waals surface area (Å²) in [6.07, 6.45) is 4.34. The molecule has 1 saturated heterocycles. The first-order chi connectivity index (χ1) is 7.75. The first-order valence-corrected chi connectivity index (χ1v) is 6.58. The third kappa shape index (κ3) is 3.28. The van der Waals surface area contributed by atoms with Crippen LogP contribution in [-0.2, 0) is 4.74 Å². The fraction of sp³-hybridized carbons (Fsp3) is 0.909. The quantitative estimate of drug-likeness (QED) is 0.682. The molecule has 1 saturated carbocycles. The number of carbonyl (C=O) groups excluding carboxylic acids is 1. The van der Waals surface area contributed by atoms with Gasteiger partial charge in [0.2, 0.25) is 0 Å². The summed E-state index contributed by atoms with van der Waals surface area (Å²) in [5, 5.41) is 3.63. The molecule has 5 heteroatoms. The number of nitrogens with one attached hydrogen (secondary N) is 1. The van der Waals surface area contributed by atoms with E-state index in [0.29, 0.717) is 37.6 Å². The van der Waals surface area contributed by atoms with Crippen LogP contribution in [0.2, 0.25) is 0 Å². The van der Waals surface area contributed by atoms with Crippen molar-refractivity contribution in [3.8, 4) is 0 Å². The molecule has 1 N–H and O–H groups in total. The number of thiol groups is 1. The van der Waals surface area contributed by atoms with Crippen molar-refractivity contribution < 1.29 is 9.53 Å². The lowest BCUT2D eigenvalue weighted by Gasteiger charge is -2.31. The number of carbonyl (C=O) groups is 1. The molecule has 0 aromatic heterocycles. The van der Waals surface area contributed by atoms with Crippen LogP contribution in [0, 0.1) is 0 Å². The van der Waals surface area contributed by atoms with E-state index in [9.17, 15) is 4.79 Å². The monoisotopic (exact) mass is 244 g/mol. The van der Waals surface area contributed by atoms with Gasteiger partial charge in [0, 0.05) is 24.4 Å². The maximum atomic E-state index is 11.9. The highest BCUT2D eigenvalue weighted by Crippen LogP contribution is 2.22. The Labute approximate surface area is 102 Å². The number of amides is 2. The van der Waals surface area contributed by atoms with E-state index in [0.717, 1.165) is 25.7 Å². The minimum Gasteiger partial charge on any atom is -0.378 e. The van der Waals surface area contributed by atoms with E-state index < -0.39 is 0 Å². The standard InChI is InChI=1S/C11H20N2O2S/c14-11(13-5-7-15-8-6-13)12-9-1-3-10(16)4-2-9/h9-10,16H,1-8H2,(H,12,14)/t9-,10-. The molecule has 2 fully saturated rings. The number of ether oxygens (including phenoxy) is 1. The molecule has 0 atom stereocenters. The number of hydrogen-bond donors (Lipinski definition) is 2. The van der Waals surface area contributed by atoms with Crippen molar-refractivity contribution in [2.75, 3.05) is 26.3 Å². The van der Waals surface area contributed by atoms with Gasteiger partial charge in [-0.15, -0.1) is 0 Å². The van der Waals surface area contributed by atoms with Crippen LogP contribution in [0.1, 0.15) is 25.7 Å². The first-order valence-electron chi connectivity index (χ1n) is 6.07. The minimum atomic E-state index is 0.0749. The number of urea groups is 1. The summed E-state index contributed by atoms with van der Waals surface area (Å²) in [4.78, 5) is 13.7. The number of hydrogen-bond acceptors (Lipinski definition) is 3. The zero-order chi connectivity index (χ0) is 11.4. The highest BCUT2D eigenvalue weighted by atomic mass is 32.1. The number of rotatable bonds is 1. The summed E-state index contributed by atoms with van der Waals surface area (Å²) in [5.74, 6) is 0. The lowest BCUT2D eigenvalue weighted by atomic mass is 9.95. The molecule has 0 unspecified atom stereocenters. The third-order valence-corrected chi connectivity index (χ3v) is 3.84. The Morgan fingerprint density at radius 2 is 1.81 bits per heavy atom. The van der Waals surface area contributed by atoms with Crippen molar-refractivity contribution in [1.29, 1.82) is 0 Å². The molecule has 2 aliphatic rings. The van der Waals surface area contributed by atoms with E-state index in [1.54, 1.807) is 0 Å². The van der Waals surface area contributed by atoms with E-state index >= 15 is 0 Å². The van der Waals surface area contributed by atoms with Crippen molar-refractivity contribution in [1.82, 2.24) is 10.2 Å². The summed E-state index contributed by atoms with van der Waals surface area (Å²) >= 11 is 4.45. The van der Waals surface area contributed by atoms with Gasteiger partial charge in [0.25, 0.3) is 0 Å². The Morgan fingerprint density at radius 3 is 2.44 bits per heavy atom. The van der Waals surface area contributed by atoms with Crippen LogP contribution in [0.4, 0.5) is 4.79 Å². The van der Waals surface area contributed by atoms with E-state index in [2.05, 4.69) is 17.9 Å². The average Bonchev–Trinajstić information content (AvgIpc) is 2.33. The summed E-state index contributed by atoms with van der Waals surface area (Å²) < 4.78 is 5.22. The van der Waals surface area contributed by atoms with Crippen LogP contribution in [0.5, 0.6) is 0 Å². The van der Waals surface area contributed by atoms with E-state index in [4.69, 9.17) is 4.74 Å². The van der Waals surface area contributed by atoms with Crippen LogP contribution in [0.15, 0.2) is 0 Å². The zero-order valence-electron chi connectivity index (χ0n) is 9.52. The molecule has 4 nitrogen and oxygen atoms in total. The van der Waals surface area contributed by atoms with Gasteiger partial charge in [0.05, 0.1) is 13.2 Å². The molecular formula is C11H20N2O2S. The molecule has 0 bridgehead atoms. The molecule has 1 aliphatic carbocycles. The lowest BCUT2D eigenvalue weighted by Crippen LogP contribution is -2.49. The van der Waals surface area contributed by atoms with E-state index in [-0.39, 0.29) is 6.03 Å². The maximum Gasteiger partial charge on any atom is 0.317 e. The van der Waals surface area contributed by atoms with Gasteiger partial charge in [-0.1, -0.05) is 0 Å². The number of nitrogens with zero attached hydrogens (tertiary/aromatic N) is 1. The van der Waals surface area contributed by atoms with Crippen LogP contribution < -0.4 is 5.32 Å². The topological polar surface area (TPSA) is 41.6 Å². The van der Waals surface area contributed by atoms with Gasteiger partial charge < -0.3 is 15.0 Å². The van der Waals surface area contributed by atoms with Crippen LogP contribution in [0.25, 0.3) is 0 Å². The first kappa shape index (κ1) is 12.0.